The zero-order chi connectivity index (χ0) is 17.7. The highest BCUT2D eigenvalue weighted by atomic mass is 35.5. The molecule has 2 aromatic carbocycles. The first kappa shape index (κ1) is 18.5. The summed E-state index contributed by atoms with van der Waals surface area (Å²) in [5, 5.41) is 5.31. The number of halogens is 3. The molecule has 0 bridgehead atoms. The van der Waals surface area contributed by atoms with Crippen molar-refractivity contribution in [3.8, 4) is 17.2 Å². The van der Waals surface area contributed by atoms with E-state index < -0.39 is 0 Å². The summed E-state index contributed by atoms with van der Waals surface area (Å²) < 4.78 is 15.9. The molecule has 0 amide bonds. The van der Waals surface area contributed by atoms with Crippen LogP contribution in [0.2, 0.25) is 15.1 Å². The molecule has 0 unspecified atom stereocenters. The summed E-state index contributed by atoms with van der Waals surface area (Å²) in [6.45, 7) is 0. The van der Waals surface area contributed by atoms with Gasteiger partial charge in [0.15, 0.2) is 11.5 Å². The van der Waals surface area contributed by atoms with Crippen molar-refractivity contribution < 1.29 is 14.2 Å². The van der Waals surface area contributed by atoms with Crippen LogP contribution in [0.3, 0.4) is 0 Å². The number of methoxy groups -OCH3 is 3. The molecule has 0 spiro atoms. The highest BCUT2D eigenvalue weighted by molar-refractivity contribution is 6.41. The van der Waals surface area contributed by atoms with Gasteiger partial charge in [0.05, 0.1) is 43.3 Å². The summed E-state index contributed by atoms with van der Waals surface area (Å²) >= 11 is 18.1. The van der Waals surface area contributed by atoms with Crippen LogP contribution in [-0.2, 0) is 0 Å². The summed E-state index contributed by atoms with van der Waals surface area (Å²) in [7, 11) is 4.62. The van der Waals surface area contributed by atoms with Crippen LogP contribution in [0.15, 0.2) is 29.4 Å². The van der Waals surface area contributed by atoms with Crippen LogP contribution in [0.4, 0.5) is 5.69 Å². The first-order valence-corrected chi connectivity index (χ1v) is 7.87. The fraction of sp³-hybridized carbons (Fsp3) is 0.188. The summed E-state index contributed by atoms with van der Waals surface area (Å²) in [5.41, 5.74) is 3.93. The summed E-state index contributed by atoms with van der Waals surface area (Å²) in [6, 6.07) is 6.69. The maximum atomic E-state index is 6.10. The van der Waals surface area contributed by atoms with Crippen molar-refractivity contribution in [2.24, 2.45) is 5.10 Å². The molecule has 0 atom stereocenters. The van der Waals surface area contributed by atoms with Crippen molar-refractivity contribution >= 4 is 46.7 Å². The Bertz CT molecular complexity index is 743. The van der Waals surface area contributed by atoms with Crippen LogP contribution in [-0.4, -0.2) is 27.5 Å². The van der Waals surface area contributed by atoms with Gasteiger partial charge in [-0.3, -0.25) is 5.43 Å². The molecule has 0 radical (unpaired) electrons. The molecule has 2 aromatic rings. The van der Waals surface area contributed by atoms with E-state index in [0.717, 1.165) is 0 Å². The van der Waals surface area contributed by atoms with Crippen LogP contribution in [0.25, 0.3) is 0 Å². The van der Waals surface area contributed by atoms with Gasteiger partial charge in [-0.15, -0.1) is 0 Å². The van der Waals surface area contributed by atoms with Crippen LogP contribution < -0.4 is 19.6 Å². The third-order valence-corrected chi connectivity index (χ3v) is 3.94. The fourth-order valence-corrected chi connectivity index (χ4v) is 2.94. The van der Waals surface area contributed by atoms with Gasteiger partial charge in [0.1, 0.15) is 0 Å². The second-order valence-corrected chi connectivity index (χ2v) is 5.79. The summed E-state index contributed by atoms with van der Waals surface area (Å²) in [5.74, 6) is 1.53. The van der Waals surface area contributed by atoms with E-state index in [9.17, 15) is 0 Å². The molecule has 5 nitrogen and oxygen atoms in total. The monoisotopic (exact) mass is 388 g/mol. The van der Waals surface area contributed by atoms with E-state index in [4.69, 9.17) is 49.0 Å². The smallest absolute Gasteiger partial charge is 0.203 e. The lowest BCUT2D eigenvalue weighted by Crippen LogP contribution is -1.99. The fourth-order valence-electron chi connectivity index (χ4n) is 2.04. The Morgan fingerprint density at radius 2 is 1.54 bits per heavy atom. The average Bonchev–Trinajstić information content (AvgIpc) is 2.56. The van der Waals surface area contributed by atoms with Crippen LogP contribution in [0, 0.1) is 0 Å². The lowest BCUT2D eigenvalue weighted by Gasteiger charge is -2.13. The molecular weight excluding hydrogens is 375 g/mol. The molecule has 0 fully saturated rings. The summed E-state index contributed by atoms with van der Waals surface area (Å²) in [4.78, 5) is 0. The topological polar surface area (TPSA) is 52.1 Å². The van der Waals surface area contributed by atoms with Crippen molar-refractivity contribution in [3.63, 3.8) is 0 Å². The second-order valence-electron chi connectivity index (χ2n) is 4.54. The van der Waals surface area contributed by atoms with Crippen molar-refractivity contribution in [2.75, 3.05) is 26.8 Å². The number of nitrogens with one attached hydrogen (secondary N) is 1. The minimum absolute atomic E-state index is 0.365. The Labute approximate surface area is 155 Å². The Kier molecular flexibility index (Phi) is 6.43. The average molecular weight is 390 g/mol. The predicted octanol–water partition coefficient (Wildman–Crippen LogP) is 5.12. The van der Waals surface area contributed by atoms with E-state index in [1.807, 2.05) is 0 Å². The van der Waals surface area contributed by atoms with Crippen molar-refractivity contribution in [1.82, 2.24) is 0 Å². The highest BCUT2D eigenvalue weighted by Gasteiger charge is 2.14. The number of benzene rings is 2. The Balaban J connectivity index is 2.30. The lowest BCUT2D eigenvalue weighted by molar-refractivity contribution is 0.324. The highest BCUT2D eigenvalue weighted by Crippen LogP contribution is 2.39. The van der Waals surface area contributed by atoms with Crippen LogP contribution in [0.5, 0.6) is 17.2 Å². The van der Waals surface area contributed by atoms with Crippen LogP contribution >= 0.6 is 34.8 Å². The van der Waals surface area contributed by atoms with E-state index >= 15 is 0 Å². The van der Waals surface area contributed by atoms with E-state index in [2.05, 4.69) is 10.5 Å². The van der Waals surface area contributed by atoms with Crippen molar-refractivity contribution in [1.29, 1.82) is 0 Å². The molecule has 0 aliphatic rings. The lowest BCUT2D eigenvalue weighted by atomic mass is 10.2. The first-order chi connectivity index (χ1) is 11.5. The molecule has 2 rings (SSSR count). The third-order valence-electron chi connectivity index (χ3n) is 3.12. The molecule has 0 aliphatic carbocycles. The van der Waals surface area contributed by atoms with E-state index in [0.29, 0.717) is 43.6 Å². The van der Waals surface area contributed by atoms with E-state index in [1.165, 1.54) is 14.2 Å². The molecular formula is C16H15Cl3N2O3. The van der Waals surface area contributed by atoms with Gasteiger partial charge >= 0.3 is 0 Å². The number of hydrazone groups is 1. The molecule has 0 saturated heterocycles. The number of rotatable bonds is 6. The molecule has 128 valence electrons. The zero-order valence-electron chi connectivity index (χ0n) is 13.2. The molecule has 0 aromatic heterocycles. The largest absolute Gasteiger partial charge is 0.493 e. The van der Waals surface area contributed by atoms with Gasteiger partial charge in [-0.05, 0) is 24.3 Å². The minimum atomic E-state index is 0.365. The molecule has 24 heavy (non-hydrogen) atoms. The van der Waals surface area contributed by atoms with Gasteiger partial charge in [-0.1, -0.05) is 34.8 Å². The van der Waals surface area contributed by atoms with Crippen molar-refractivity contribution in [2.45, 2.75) is 0 Å². The number of anilines is 1. The number of nitrogens with zero attached hydrogens (tertiary/aromatic N) is 1. The molecule has 8 heteroatoms. The maximum absolute atomic E-state index is 6.10. The van der Waals surface area contributed by atoms with Gasteiger partial charge in [0.25, 0.3) is 0 Å². The Hall–Kier alpha value is -1.82. The van der Waals surface area contributed by atoms with Crippen LogP contribution in [0.1, 0.15) is 5.56 Å². The van der Waals surface area contributed by atoms with Gasteiger partial charge in [0.2, 0.25) is 5.75 Å². The number of ether oxygens (including phenoxy) is 3. The predicted molar refractivity (Wildman–Crippen MR) is 98.8 cm³/mol. The molecule has 0 saturated carbocycles. The van der Waals surface area contributed by atoms with Gasteiger partial charge < -0.3 is 14.2 Å². The third kappa shape index (κ3) is 3.98. The van der Waals surface area contributed by atoms with E-state index in [1.54, 1.807) is 37.6 Å². The van der Waals surface area contributed by atoms with E-state index in [-0.39, 0.29) is 0 Å². The normalized spacial score (nSPS) is 10.8. The Morgan fingerprint density at radius 1 is 0.917 bits per heavy atom. The Morgan fingerprint density at radius 3 is 2.08 bits per heavy atom. The quantitative estimate of drug-likeness (QED) is 0.550. The zero-order valence-corrected chi connectivity index (χ0v) is 15.5. The molecule has 0 aliphatic heterocycles. The standard InChI is InChI=1S/C16H15Cl3N2O3/c1-22-13-5-4-9(15(23-2)16(13)24-3)8-20-21-14-11(18)6-10(17)7-12(14)19/h4-8,21H,1-3H3/b20-8-. The number of hydrogen-bond acceptors (Lipinski definition) is 5. The van der Waals surface area contributed by atoms with Gasteiger partial charge in [-0.2, -0.15) is 5.10 Å². The SMILES string of the molecule is COc1ccc(/C=N\Nc2c(Cl)cc(Cl)cc2Cl)c(OC)c1OC. The first-order valence-electron chi connectivity index (χ1n) is 6.74. The van der Waals surface area contributed by atoms with Gasteiger partial charge in [0, 0.05) is 10.6 Å². The molecule has 0 heterocycles. The second kappa shape index (κ2) is 8.33. The molecule has 1 N–H and O–H groups in total. The maximum Gasteiger partial charge on any atom is 0.203 e. The summed E-state index contributed by atoms with van der Waals surface area (Å²) in [6.07, 6.45) is 1.56. The van der Waals surface area contributed by atoms with Crippen molar-refractivity contribution in [3.05, 3.63) is 44.9 Å². The number of hydrogen-bond donors (Lipinski definition) is 1. The minimum Gasteiger partial charge on any atom is -0.493 e. The van der Waals surface area contributed by atoms with Gasteiger partial charge in [-0.25, -0.2) is 0 Å².